The van der Waals surface area contributed by atoms with Crippen molar-refractivity contribution in [1.29, 1.82) is 0 Å². The molecule has 0 saturated heterocycles. The lowest BCUT2D eigenvalue weighted by Crippen LogP contribution is -2.10. The van der Waals surface area contributed by atoms with E-state index in [1.54, 1.807) is 6.07 Å². The van der Waals surface area contributed by atoms with E-state index in [2.05, 4.69) is 64.9 Å². The van der Waals surface area contributed by atoms with Crippen LogP contribution in [-0.2, 0) is 24.3 Å². The van der Waals surface area contributed by atoms with Crippen molar-refractivity contribution in [1.82, 2.24) is 9.97 Å². The van der Waals surface area contributed by atoms with E-state index in [9.17, 15) is 15.0 Å². The van der Waals surface area contributed by atoms with Gasteiger partial charge in [0.25, 0.3) is 0 Å². The third-order valence-corrected chi connectivity index (χ3v) is 15.5. The summed E-state index contributed by atoms with van der Waals surface area (Å²) >= 11 is 0. The molecule has 13 nitrogen and oxygen atoms in total. The van der Waals surface area contributed by atoms with E-state index in [4.69, 9.17) is 30.0 Å². The molecule has 388 valence electrons. The Morgan fingerprint density at radius 2 is 1.10 bits per heavy atom. The quantitative estimate of drug-likeness (QED) is 0.0356. The number of phenols is 2. The van der Waals surface area contributed by atoms with Crippen molar-refractivity contribution < 1.29 is 24.6 Å². The van der Waals surface area contributed by atoms with Gasteiger partial charge in [0.05, 0.1) is 28.1 Å². The summed E-state index contributed by atoms with van der Waals surface area (Å²) in [6.07, 6.45) is 1.68. The smallest absolute Gasteiger partial charge is 0.194 e. The fourth-order valence-electron chi connectivity index (χ4n) is 11.6. The minimum absolute atomic E-state index is 0.0395. The zero-order chi connectivity index (χ0) is 54.0. The molecule has 13 aromatic rings. The van der Waals surface area contributed by atoms with Crippen molar-refractivity contribution in [3.63, 3.8) is 0 Å². The molecule has 2 heterocycles. The van der Waals surface area contributed by atoms with Crippen molar-refractivity contribution in [2.45, 2.75) is 33.3 Å². The number of aromatic nitrogens is 2. The second kappa shape index (κ2) is 19.6. The Labute approximate surface area is 457 Å². The number of ether oxygens (including phenoxy) is 1. The maximum absolute atomic E-state index is 14.8. The number of nitrogens with zero attached hydrogens (tertiary/aromatic N) is 4. The van der Waals surface area contributed by atoms with Gasteiger partial charge >= 0.3 is 0 Å². The number of anilines is 2. The molecular formula is C67H50N8O5. The molecule has 80 heavy (non-hydrogen) atoms. The number of fused-ring (bicyclic) bond motifs is 12. The number of carbonyl (C=O) groups excluding carboxylic acids is 1. The van der Waals surface area contributed by atoms with Crippen LogP contribution in [0.25, 0.3) is 87.1 Å². The largest absolute Gasteiger partial charge is 0.505 e. The van der Waals surface area contributed by atoms with Gasteiger partial charge in [-0.15, -0.1) is 15.3 Å². The van der Waals surface area contributed by atoms with Gasteiger partial charge in [-0.2, -0.15) is 5.11 Å². The highest BCUT2D eigenvalue weighted by atomic mass is 16.6. The minimum atomic E-state index is -0.182. The fourth-order valence-corrected chi connectivity index (χ4v) is 11.6. The monoisotopic (exact) mass is 1050 g/mol. The maximum atomic E-state index is 14.8. The Hall–Kier alpha value is -10.4. The van der Waals surface area contributed by atoms with Crippen LogP contribution in [0.5, 0.6) is 17.2 Å². The van der Waals surface area contributed by atoms with Gasteiger partial charge in [-0.1, -0.05) is 141 Å². The number of para-hydroxylation sites is 4. The predicted octanol–water partition coefficient (Wildman–Crippen LogP) is 18.0. The minimum Gasteiger partial charge on any atom is -0.505 e. The van der Waals surface area contributed by atoms with Crippen LogP contribution >= 0.6 is 0 Å². The average molecular weight is 1050 g/mol. The summed E-state index contributed by atoms with van der Waals surface area (Å²) in [6, 6.07) is 59.0. The number of hydrogen-bond acceptors (Lipinski definition) is 11. The van der Waals surface area contributed by atoms with Crippen LogP contribution < -0.4 is 15.5 Å². The summed E-state index contributed by atoms with van der Waals surface area (Å²) in [5.74, 6) is -0.162. The van der Waals surface area contributed by atoms with Crippen molar-refractivity contribution in [2.75, 3.05) is 17.5 Å². The highest BCUT2D eigenvalue weighted by Gasteiger charge is 2.27. The Morgan fingerprint density at radius 3 is 1.82 bits per heavy atom. The SMILES string of the molecule is CCc1ccccc1NCOc1cc2ccc3c4ccccc4[nH]c3c2c(N=Nc2ccc3c4c(cccc24)C(=O)c2cc(N=Nc4c(O)c(CONc5ccccc5CC)cc5ccc6c7ccccc7[nH]c6c45)ccc2-3)c1O. The van der Waals surface area contributed by atoms with Crippen LogP contribution in [-0.4, -0.2) is 32.7 Å². The molecule has 0 fully saturated rings. The molecule has 1 aliphatic rings. The molecule has 1 aliphatic carbocycles. The highest BCUT2D eigenvalue weighted by Crippen LogP contribution is 2.50. The van der Waals surface area contributed by atoms with Crippen molar-refractivity contribution in [3.05, 3.63) is 210 Å². The van der Waals surface area contributed by atoms with Crippen LogP contribution in [0.3, 0.4) is 0 Å². The van der Waals surface area contributed by atoms with E-state index < -0.39 is 0 Å². The molecule has 0 saturated carbocycles. The first-order chi connectivity index (χ1) is 39.3. The third-order valence-electron chi connectivity index (χ3n) is 15.5. The van der Waals surface area contributed by atoms with Crippen molar-refractivity contribution in [3.8, 4) is 28.4 Å². The lowest BCUT2D eigenvalue weighted by molar-refractivity contribution is 0.104. The zero-order valence-corrected chi connectivity index (χ0v) is 43.6. The number of aromatic amines is 2. The normalized spacial score (nSPS) is 12.4. The van der Waals surface area contributed by atoms with E-state index in [1.165, 1.54) is 0 Å². The highest BCUT2D eigenvalue weighted by molar-refractivity contribution is 6.27. The molecule has 0 spiro atoms. The van der Waals surface area contributed by atoms with Crippen LogP contribution in [0.15, 0.2) is 202 Å². The lowest BCUT2D eigenvalue weighted by Gasteiger charge is -2.20. The number of azo groups is 2. The van der Waals surface area contributed by atoms with Crippen LogP contribution in [0, 0.1) is 0 Å². The third kappa shape index (κ3) is 8.01. The summed E-state index contributed by atoms with van der Waals surface area (Å²) < 4.78 is 6.27. The Balaban J connectivity index is 0.824. The number of rotatable bonds is 14. The van der Waals surface area contributed by atoms with Gasteiger partial charge in [0, 0.05) is 76.5 Å². The molecule has 0 atom stereocenters. The topological polar surface area (TPSA) is 181 Å². The molecule has 0 aliphatic heterocycles. The summed E-state index contributed by atoms with van der Waals surface area (Å²) in [7, 11) is 0. The van der Waals surface area contributed by atoms with E-state index in [-0.39, 0.29) is 47.7 Å². The van der Waals surface area contributed by atoms with Gasteiger partial charge in [0.2, 0.25) is 0 Å². The number of carbonyl (C=O) groups is 1. The molecule has 2 aromatic heterocycles. The zero-order valence-electron chi connectivity index (χ0n) is 43.6. The van der Waals surface area contributed by atoms with E-state index in [1.807, 2.05) is 146 Å². The van der Waals surface area contributed by atoms with E-state index in [0.29, 0.717) is 38.8 Å². The van der Waals surface area contributed by atoms with Gasteiger partial charge in [-0.25, -0.2) is 0 Å². The number of H-pyrrole nitrogens is 2. The molecule has 6 N–H and O–H groups in total. The fraction of sp³-hybridized carbons (Fsp3) is 0.0896. The number of ketones is 1. The molecule has 0 unspecified atom stereocenters. The van der Waals surface area contributed by atoms with Crippen LogP contribution in [0.4, 0.5) is 34.1 Å². The number of aromatic hydroxyl groups is 2. The molecular weight excluding hydrogens is 997 g/mol. The molecule has 0 bridgehead atoms. The number of nitrogens with one attached hydrogen (secondary N) is 4. The molecule has 0 amide bonds. The van der Waals surface area contributed by atoms with Crippen LogP contribution in [0.1, 0.15) is 46.5 Å². The van der Waals surface area contributed by atoms with Crippen molar-refractivity contribution >= 4 is 116 Å². The number of hydrogen-bond donors (Lipinski definition) is 6. The van der Waals surface area contributed by atoms with Crippen molar-refractivity contribution in [2.24, 2.45) is 20.5 Å². The predicted molar refractivity (Wildman–Crippen MR) is 320 cm³/mol. The van der Waals surface area contributed by atoms with Gasteiger partial charge in [0.1, 0.15) is 23.7 Å². The van der Waals surface area contributed by atoms with Gasteiger partial charge < -0.3 is 30.2 Å². The molecule has 13 heteroatoms. The lowest BCUT2D eigenvalue weighted by atomic mass is 9.82. The first-order valence-corrected chi connectivity index (χ1v) is 26.7. The molecule has 0 radical (unpaired) electrons. The van der Waals surface area contributed by atoms with E-state index >= 15 is 0 Å². The Morgan fingerprint density at radius 1 is 0.487 bits per heavy atom. The molecule has 14 rings (SSSR count). The van der Waals surface area contributed by atoms with Gasteiger partial charge in [0.15, 0.2) is 24.0 Å². The number of benzene rings is 11. The summed E-state index contributed by atoms with van der Waals surface area (Å²) in [5.41, 5.74) is 15.2. The Bertz CT molecular complexity index is 4770. The number of phenolic OH excluding ortho intramolecular Hbond substituents is 2. The summed E-state index contributed by atoms with van der Waals surface area (Å²) in [5, 5.41) is 55.4. The standard InChI is InChI=1S/C67H50N8O5/c1-3-37-14-5-9-20-52(37)68-36-79-57-33-40-25-28-48-45-17-8-12-23-55(45)70-62(48)59(40)64(67(57)78)74-72-56-31-30-46-43-29-26-42(34-51(43)66(77)50-19-13-18-49(56)60(46)50)71-73-63-58-39(24-27-47-44-16-7-11-22-54(44)69-61(47)58)32-41(65(63)76)35-80-75-53-21-10-6-15-38(53)4-2/h5-34,68-70,75-76,78H,3-4,35-36H2,1-2H3. The van der Waals surface area contributed by atoms with Gasteiger partial charge in [-0.3, -0.25) is 15.1 Å². The van der Waals surface area contributed by atoms with Gasteiger partial charge in [-0.05, 0) is 100 Å². The van der Waals surface area contributed by atoms with E-state index in [0.717, 1.165) is 112 Å². The average Bonchev–Trinajstić information content (AvgIpc) is 4.18. The second-order valence-corrected chi connectivity index (χ2v) is 20.0. The molecule has 11 aromatic carbocycles. The number of aryl methyl sites for hydroxylation is 2. The maximum Gasteiger partial charge on any atom is 0.194 e. The first-order valence-electron chi connectivity index (χ1n) is 26.7. The second-order valence-electron chi connectivity index (χ2n) is 20.0. The first kappa shape index (κ1) is 48.0. The Kier molecular flexibility index (Phi) is 11.8. The summed E-state index contributed by atoms with van der Waals surface area (Å²) in [6.45, 7) is 4.33. The summed E-state index contributed by atoms with van der Waals surface area (Å²) in [4.78, 5) is 27.9. The van der Waals surface area contributed by atoms with Crippen LogP contribution in [0.2, 0.25) is 0 Å².